The van der Waals surface area contributed by atoms with Crippen molar-refractivity contribution in [2.45, 2.75) is 31.8 Å². The first-order valence-electron chi connectivity index (χ1n) is 5.31. The van der Waals surface area contributed by atoms with Crippen LogP contribution in [0.4, 0.5) is 0 Å². The molecular formula is C10H19N3O. The van der Waals surface area contributed by atoms with E-state index < -0.39 is 5.54 Å². The fraction of sp³-hybridized carbons (Fsp3) is 0.900. The average Bonchev–Trinajstić information content (AvgIpc) is 2.46. The van der Waals surface area contributed by atoms with Gasteiger partial charge in [-0.15, -0.1) is 0 Å². The molecule has 0 radical (unpaired) electrons. The Kier molecular flexibility index (Phi) is 2.27. The van der Waals surface area contributed by atoms with E-state index in [2.05, 4.69) is 4.90 Å². The minimum atomic E-state index is -0.717. The van der Waals surface area contributed by atoms with E-state index in [1.807, 2.05) is 4.90 Å². The maximum Gasteiger partial charge on any atom is 0.242 e. The first-order chi connectivity index (χ1) is 6.48. The van der Waals surface area contributed by atoms with Crippen LogP contribution in [0.1, 0.15) is 20.3 Å². The lowest BCUT2D eigenvalue weighted by atomic mass is 10.0. The SMILES string of the molecule is CC(C)(N)C(=O)N1CCN2CCC1C2. The van der Waals surface area contributed by atoms with Gasteiger partial charge in [0.15, 0.2) is 0 Å². The van der Waals surface area contributed by atoms with E-state index in [-0.39, 0.29) is 5.91 Å². The van der Waals surface area contributed by atoms with Gasteiger partial charge in [-0.3, -0.25) is 9.69 Å². The summed E-state index contributed by atoms with van der Waals surface area (Å²) in [7, 11) is 0. The Labute approximate surface area is 85.0 Å². The second kappa shape index (κ2) is 3.21. The molecule has 14 heavy (non-hydrogen) atoms. The van der Waals surface area contributed by atoms with E-state index in [1.54, 1.807) is 13.8 Å². The molecule has 80 valence electrons. The van der Waals surface area contributed by atoms with Gasteiger partial charge in [0.1, 0.15) is 0 Å². The van der Waals surface area contributed by atoms with Crippen LogP contribution in [0.15, 0.2) is 0 Å². The minimum Gasteiger partial charge on any atom is -0.336 e. The van der Waals surface area contributed by atoms with Gasteiger partial charge in [-0.25, -0.2) is 0 Å². The molecule has 2 unspecified atom stereocenters. The Hall–Kier alpha value is -0.610. The number of nitrogens with two attached hydrogens (primary N) is 1. The molecule has 2 fully saturated rings. The van der Waals surface area contributed by atoms with Crippen molar-refractivity contribution in [1.82, 2.24) is 9.80 Å². The van der Waals surface area contributed by atoms with Gasteiger partial charge < -0.3 is 10.6 Å². The van der Waals surface area contributed by atoms with Gasteiger partial charge in [-0.2, -0.15) is 0 Å². The third kappa shape index (κ3) is 1.64. The minimum absolute atomic E-state index is 0.101. The Balaban J connectivity index is 2.08. The van der Waals surface area contributed by atoms with Crippen LogP contribution in [0.2, 0.25) is 0 Å². The van der Waals surface area contributed by atoms with Gasteiger partial charge in [-0.1, -0.05) is 0 Å². The topological polar surface area (TPSA) is 49.6 Å². The second-order valence-corrected chi connectivity index (χ2v) is 4.96. The lowest BCUT2D eigenvalue weighted by molar-refractivity contribution is -0.139. The van der Waals surface area contributed by atoms with Crippen LogP contribution in [0.3, 0.4) is 0 Å². The molecule has 0 aromatic heterocycles. The van der Waals surface area contributed by atoms with Crippen LogP contribution in [0, 0.1) is 0 Å². The second-order valence-electron chi connectivity index (χ2n) is 4.96. The smallest absolute Gasteiger partial charge is 0.242 e. The molecule has 0 aliphatic carbocycles. The summed E-state index contributed by atoms with van der Waals surface area (Å²) < 4.78 is 0. The Bertz CT molecular complexity index is 246. The van der Waals surface area contributed by atoms with Crippen molar-refractivity contribution in [2.24, 2.45) is 5.73 Å². The molecule has 0 spiro atoms. The van der Waals surface area contributed by atoms with E-state index in [0.29, 0.717) is 6.04 Å². The van der Waals surface area contributed by atoms with Crippen LogP contribution in [-0.4, -0.2) is 53.5 Å². The quantitative estimate of drug-likeness (QED) is 0.624. The van der Waals surface area contributed by atoms with E-state index in [1.165, 1.54) is 0 Å². The highest BCUT2D eigenvalue weighted by molar-refractivity contribution is 5.85. The number of carbonyl (C=O) groups is 1. The summed E-state index contributed by atoms with van der Waals surface area (Å²) in [5.41, 5.74) is 5.12. The predicted molar refractivity (Wildman–Crippen MR) is 54.8 cm³/mol. The summed E-state index contributed by atoms with van der Waals surface area (Å²) in [6.45, 7) is 7.62. The number of nitrogens with zero attached hydrogens (tertiary/aromatic N) is 2. The molecule has 0 aromatic carbocycles. The predicted octanol–water partition coefficient (Wildman–Crippen LogP) is -0.360. The summed E-state index contributed by atoms with van der Waals surface area (Å²) >= 11 is 0. The van der Waals surface area contributed by atoms with Crippen molar-refractivity contribution in [1.29, 1.82) is 0 Å². The average molecular weight is 197 g/mol. The molecule has 2 aliphatic rings. The number of hydrogen-bond acceptors (Lipinski definition) is 3. The van der Waals surface area contributed by atoms with Gasteiger partial charge >= 0.3 is 0 Å². The fourth-order valence-corrected chi connectivity index (χ4v) is 2.34. The Morgan fingerprint density at radius 2 is 2.07 bits per heavy atom. The molecule has 4 heteroatoms. The normalized spacial score (nSPS) is 32.1. The molecule has 2 bridgehead atoms. The zero-order valence-corrected chi connectivity index (χ0v) is 8.99. The van der Waals surface area contributed by atoms with Crippen molar-refractivity contribution < 1.29 is 4.79 Å². The Morgan fingerprint density at radius 3 is 2.71 bits per heavy atom. The lowest BCUT2D eigenvalue weighted by Gasteiger charge is -2.37. The van der Waals surface area contributed by atoms with E-state index in [4.69, 9.17) is 5.73 Å². The highest BCUT2D eigenvalue weighted by Gasteiger charge is 2.38. The lowest BCUT2D eigenvalue weighted by Crippen LogP contribution is -2.58. The van der Waals surface area contributed by atoms with Crippen molar-refractivity contribution in [2.75, 3.05) is 26.2 Å². The summed E-state index contributed by atoms with van der Waals surface area (Å²) in [4.78, 5) is 16.4. The number of hydrogen-bond donors (Lipinski definition) is 1. The van der Waals surface area contributed by atoms with Gasteiger partial charge in [0.2, 0.25) is 5.91 Å². The number of carbonyl (C=O) groups excluding carboxylic acids is 1. The molecule has 2 saturated heterocycles. The summed E-state index contributed by atoms with van der Waals surface area (Å²) in [5, 5.41) is 0. The van der Waals surface area contributed by atoms with Crippen LogP contribution >= 0.6 is 0 Å². The molecule has 0 aromatic rings. The van der Waals surface area contributed by atoms with Gasteiger partial charge in [0.25, 0.3) is 0 Å². The summed E-state index contributed by atoms with van der Waals surface area (Å²) in [6.07, 6.45) is 1.11. The Morgan fingerprint density at radius 1 is 1.36 bits per heavy atom. The largest absolute Gasteiger partial charge is 0.336 e. The van der Waals surface area contributed by atoms with Crippen LogP contribution in [0.25, 0.3) is 0 Å². The van der Waals surface area contributed by atoms with Crippen molar-refractivity contribution in [3.05, 3.63) is 0 Å². The van der Waals surface area contributed by atoms with Gasteiger partial charge in [-0.05, 0) is 20.3 Å². The molecule has 4 nitrogen and oxygen atoms in total. The zero-order chi connectivity index (χ0) is 10.3. The molecule has 2 N–H and O–H groups in total. The third-order valence-electron chi connectivity index (χ3n) is 3.16. The maximum absolute atomic E-state index is 12.0. The number of rotatable bonds is 1. The highest BCUT2D eigenvalue weighted by Crippen LogP contribution is 2.22. The van der Waals surface area contributed by atoms with Crippen molar-refractivity contribution in [3.8, 4) is 0 Å². The van der Waals surface area contributed by atoms with Gasteiger partial charge in [0, 0.05) is 32.2 Å². The van der Waals surface area contributed by atoms with Crippen LogP contribution in [-0.2, 0) is 4.79 Å². The zero-order valence-electron chi connectivity index (χ0n) is 8.99. The van der Waals surface area contributed by atoms with Crippen molar-refractivity contribution >= 4 is 5.91 Å². The van der Waals surface area contributed by atoms with E-state index >= 15 is 0 Å². The highest BCUT2D eigenvalue weighted by atomic mass is 16.2. The first kappa shape index (κ1) is 9.93. The molecule has 2 rings (SSSR count). The summed E-state index contributed by atoms with van der Waals surface area (Å²) in [6, 6.07) is 0.416. The van der Waals surface area contributed by atoms with Crippen LogP contribution in [0.5, 0.6) is 0 Å². The molecule has 2 aliphatic heterocycles. The fourth-order valence-electron chi connectivity index (χ4n) is 2.34. The monoisotopic (exact) mass is 197 g/mol. The molecule has 0 saturated carbocycles. The van der Waals surface area contributed by atoms with E-state index in [9.17, 15) is 4.79 Å². The standard InChI is InChI=1S/C10H19N3O/c1-10(2,11)9(14)13-6-5-12-4-3-8(13)7-12/h8H,3-7,11H2,1-2H3. The maximum atomic E-state index is 12.0. The molecular weight excluding hydrogens is 178 g/mol. The molecule has 1 amide bonds. The number of piperazine rings is 1. The van der Waals surface area contributed by atoms with E-state index in [0.717, 1.165) is 32.6 Å². The first-order valence-corrected chi connectivity index (χ1v) is 5.31. The van der Waals surface area contributed by atoms with Crippen molar-refractivity contribution in [3.63, 3.8) is 0 Å². The molecule has 2 atom stereocenters. The number of fused-ring (bicyclic) bond motifs is 2. The van der Waals surface area contributed by atoms with Gasteiger partial charge in [0.05, 0.1) is 5.54 Å². The summed E-state index contributed by atoms with van der Waals surface area (Å²) in [5.74, 6) is 0.101. The molecule has 2 heterocycles. The number of amides is 1. The van der Waals surface area contributed by atoms with Crippen LogP contribution < -0.4 is 5.73 Å². The third-order valence-corrected chi connectivity index (χ3v) is 3.16.